The molecular weight excluding hydrogens is 276 g/mol. The van der Waals surface area contributed by atoms with Crippen molar-refractivity contribution in [2.45, 2.75) is 39.5 Å². The number of nitrogens with zero attached hydrogens (tertiary/aromatic N) is 1. The highest BCUT2D eigenvalue weighted by Gasteiger charge is 2.17. The summed E-state index contributed by atoms with van der Waals surface area (Å²) >= 11 is 1.23. The van der Waals surface area contributed by atoms with E-state index in [1.54, 1.807) is 10.3 Å². The van der Waals surface area contributed by atoms with Crippen molar-refractivity contribution < 1.29 is 14.7 Å². The fraction of sp³-hybridized carbons (Fsp3) is 0.571. The van der Waals surface area contributed by atoms with Gasteiger partial charge in [0, 0.05) is 13.1 Å². The van der Waals surface area contributed by atoms with Crippen LogP contribution in [0.3, 0.4) is 0 Å². The number of amides is 2. The quantitative estimate of drug-likeness (QED) is 0.765. The Labute approximate surface area is 123 Å². The minimum absolute atomic E-state index is 0.147. The van der Waals surface area contributed by atoms with Gasteiger partial charge in [-0.3, -0.25) is 5.32 Å². The first-order valence-electron chi connectivity index (χ1n) is 6.96. The standard InChI is InChI=1S/C14H22N2O3S/c1-3-5-8-16(9-6-4-2)14(19)15-12-11(13(17)18)7-10-20-12/h7,10H,3-6,8-9H2,1-2H3,(H,15,19)(H,17,18). The molecule has 20 heavy (non-hydrogen) atoms. The molecule has 5 nitrogen and oxygen atoms in total. The van der Waals surface area contributed by atoms with Crippen molar-refractivity contribution in [3.05, 3.63) is 17.0 Å². The number of hydrogen-bond donors (Lipinski definition) is 2. The number of carbonyl (C=O) groups excluding carboxylic acids is 1. The molecule has 2 amide bonds. The van der Waals surface area contributed by atoms with Gasteiger partial charge in [-0.05, 0) is 24.3 Å². The lowest BCUT2D eigenvalue weighted by atomic mass is 10.3. The van der Waals surface area contributed by atoms with Crippen LogP contribution in [0.5, 0.6) is 0 Å². The monoisotopic (exact) mass is 298 g/mol. The van der Waals surface area contributed by atoms with E-state index in [-0.39, 0.29) is 11.6 Å². The third-order valence-corrected chi connectivity index (χ3v) is 3.80. The lowest BCUT2D eigenvalue weighted by molar-refractivity contribution is 0.0698. The zero-order valence-corrected chi connectivity index (χ0v) is 12.8. The summed E-state index contributed by atoms with van der Waals surface area (Å²) in [5.41, 5.74) is 0.147. The van der Waals surface area contributed by atoms with Crippen molar-refractivity contribution >= 4 is 28.3 Å². The highest BCUT2D eigenvalue weighted by molar-refractivity contribution is 7.14. The normalized spacial score (nSPS) is 10.3. The number of thiophene rings is 1. The minimum atomic E-state index is -1.02. The molecule has 1 rings (SSSR count). The lowest BCUT2D eigenvalue weighted by Gasteiger charge is -2.22. The van der Waals surface area contributed by atoms with Crippen LogP contribution in [0.1, 0.15) is 49.9 Å². The number of nitrogens with one attached hydrogen (secondary N) is 1. The number of anilines is 1. The number of carboxylic acid groups (broad SMARTS) is 1. The number of rotatable bonds is 8. The first-order valence-corrected chi connectivity index (χ1v) is 7.84. The van der Waals surface area contributed by atoms with E-state index in [0.717, 1.165) is 25.7 Å². The lowest BCUT2D eigenvalue weighted by Crippen LogP contribution is -2.36. The molecule has 112 valence electrons. The Morgan fingerprint density at radius 1 is 1.25 bits per heavy atom. The van der Waals surface area contributed by atoms with Gasteiger partial charge in [0.15, 0.2) is 0 Å². The Balaban J connectivity index is 2.68. The SMILES string of the molecule is CCCCN(CCCC)C(=O)Nc1sccc1C(=O)O. The Hall–Kier alpha value is -1.56. The van der Waals surface area contributed by atoms with E-state index in [4.69, 9.17) is 5.11 Å². The summed E-state index contributed by atoms with van der Waals surface area (Å²) in [5.74, 6) is -1.02. The summed E-state index contributed by atoms with van der Waals surface area (Å²) in [4.78, 5) is 25.0. The van der Waals surface area contributed by atoms with E-state index in [9.17, 15) is 9.59 Å². The van der Waals surface area contributed by atoms with Crippen molar-refractivity contribution in [3.8, 4) is 0 Å². The second-order valence-electron chi connectivity index (χ2n) is 4.59. The maximum absolute atomic E-state index is 12.2. The zero-order valence-electron chi connectivity index (χ0n) is 12.0. The minimum Gasteiger partial charge on any atom is -0.478 e. The topological polar surface area (TPSA) is 69.6 Å². The zero-order chi connectivity index (χ0) is 15.0. The van der Waals surface area contributed by atoms with Gasteiger partial charge < -0.3 is 10.0 Å². The first-order chi connectivity index (χ1) is 9.60. The molecule has 1 heterocycles. The van der Waals surface area contributed by atoms with Gasteiger partial charge in [-0.25, -0.2) is 9.59 Å². The number of aromatic carboxylic acids is 1. The average molecular weight is 298 g/mol. The third kappa shape index (κ3) is 4.85. The van der Waals surface area contributed by atoms with Crippen LogP contribution in [0, 0.1) is 0 Å². The molecule has 0 radical (unpaired) electrons. The summed E-state index contributed by atoms with van der Waals surface area (Å²) in [5, 5.41) is 13.8. The van der Waals surface area contributed by atoms with Crippen LogP contribution in [-0.2, 0) is 0 Å². The van der Waals surface area contributed by atoms with Gasteiger partial charge in [-0.15, -0.1) is 11.3 Å². The van der Waals surface area contributed by atoms with E-state index in [2.05, 4.69) is 19.2 Å². The van der Waals surface area contributed by atoms with E-state index in [1.807, 2.05) is 0 Å². The summed E-state index contributed by atoms with van der Waals surface area (Å²) in [6.07, 6.45) is 3.95. The molecule has 0 atom stereocenters. The van der Waals surface area contributed by atoms with Crippen molar-refractivity contribution in [2.24, 2.45) is 0 Å². The fourth-order valence-corrected chi connectivity index (χ4v) is 2.53. The average Bonchev–Trinajstić information content (AvgIpc) is 2.87. The molecule has 0 unspecified atom stereocenters. The molecule has 0 saturated heterocycles. The summed E-state index contributed by atoms with van der Waals surface area (Å²) < 4.78 is 0. The van der Waals surface area contributed by atoms with Gasteiger partial charge in [0.05, 0.1) is 5.56 Å². The predicted molar refractivity (Wildman–Crippen MR) is 81.7 cm³/mol. The van der Waals surface area contributed by atoms with Gasteiger partial charge in [0.25, 0.3) is 0 Å². The van der Waals surface area contributed by atoms with Crippen LogP contribution in [0.4, 0.5) is 9.80 Å². The fourth-order valence-electron chi connectivity index (χ4n) is 1.76. The number of carboxylic acids is 1. The predicted octanol–water partition coefficient (Wildman–Crippen LogP) is 3.88. The Morgan fingerprint density at radius 3 is 2.35 bits per heavy atom. The third-order valence-electron chi connectivity index (χ3n) is 2.97. The molecule has 0 aliphatic heterocycles. The van der Waals surface area contributed by atoms with E-state index in [0.29, 0.717) is 18.1 Å². The molecule has 0 aromatic carbocycles. The Kier molecular flexibility index (Phi) is 7.08. The van der Waals surface area contributed by atoms with E-state index < -0.39 is 5.97 Å². The van der Waals surface area contributed by atoms with Gasteiger partial charge in [0.2, 0.25) is 0 Å². The highest BCUT2D eigenvalue weighted by Crippen LogP contribution is 2.23. The van der Waals surface area contributed by atoms with Crippen molar-refractivity contribution in [3.63, 3.8) is 0 Å². The van der Waals surface area contributed by atoms with Crippen molar-refractivity contribution in [1.29, 1.82) is 0 Å². The smallest absolute Gasteiger partial charge is 0.338 e. The number of hydrogen-bond acceptors (Lipinski definition) is 3. The molecular formula is C14H22N2O3S. The van der Waals surface area contributed by atoms with Gasteiger partial charge in [-0.2, -0.15) is 0 Å². The first kappa shape index (κ1) is 16.5. The number of urea groups is 1. The van der Waals surface area contributed by atoms with Crippen molar-refractivity contribution in [1.82, 2.24) is 4.90 Å². The van der Waals surface area contributed by atoms with E-state index in [1.165, 1.54) is 17.4 Å². The molecule has 1 aromatic rings. The second-order valence-corrected chi connectivity index (χ2v) is 5.51. The van der Waals surface area contributed by atoms with Crippen LogP contribution in [-0.4, -0.2) is 35.1 Å². The van der Waals surface area contributed by atoms with E-state index >= 15 is 0 Å². The molecule has 6 heteroatoms. The number of unbranched alkanes of at least 4 members (excludes halogenated alkanes) is 2. The van der Waals surface area contributed by atoms with Crippen LogP contribution < -0.4 is 5.32 Å². The van der Waals surface area contributed by atoms with Crippen molar-refractivity contribution in [2.75, 3.05) is 18.4 Å². The molecule has 0 bridgehead atoms. The largest absolute Gasteiger partial charge is 0.478 e. The highest BCUT2D eigenvalue weighted by atomic mass is 32.1. The summed E-state index contributed by atoms with van der Waals surface area (Å²) in [6.45, 7) is 5.57. The summed E-state index contributed by atoms with van der Waals surface area (Å²) in [6, 6.07) is 1.29. The summed E-state index contributed by atoms with van der Waals surface area (Å²) in [7, 11) is 0. The maximum Gasteiger partial charge on any atom is 0.338 e. The Morgan fingerprint density at radius 2 is 1.85 bits per heavy atom. The second kappa shape index (κ2) is 8.58. The van der Waals surface area contributed by atoms with Crippen LogP contribution in [0.25, 0.3) is 0 Å². The molecule has 0 spiro atoms. The van der Waals surface area contributed by atoms with Crippen LogP contribution >= 0.6 is 11.3 Å². The Bertz CT molecular complexity index is 437. The number of carbonyl (C=O) groups is 2. The van der Waals surface area contributed by atoms with Crippen LogP contribution in [0.2, 0.25) is 0 Å². The van der Waals surface area contributed by atoms with Gasteiger partial charge in [0.1, 0.15) is 5.00 Å². The van der Waals surface area contributed by atoms with Gasteiger partial charge >= 0.3 is 12.0 Å². The molecule has 0 fully saturated rings. The van der Waals surface area contributed by atoms with Gasteiger partial charge in [-0.1, -0.05) is 26.7 Å². The molecule has 0 saturated carbocycles. The maximum atomic E-state index is 12.2. The van der Waals surface area contributed by atoms with Crippen LogP contribution in [0.15, 0.2) is 11.4 Å². The molecule has 1 aromatic heterocycles. The molecule has 2 N–H and O–H groups in total. The molecule has 0 aliphatic carbocycles. The molecule has 0 aliphatic rings.